The number of nitrogens with zero attached hydrogens (tertiary/aromatic N) is 3. The maximum absolute atomic E-state index is 12.0. The van der Waals surface area contributed by atoms with Crippen LogP contribution < -0.4 is 10.6 Å². The molecular formula is C20H29N5O3S. The highest BCUT2D eigenvalue weighted by Gasteiger charge is 2.23. The van der Waals surface area contributed by atoms with E-state index in [0.717, 1.165) is 23.8 Å². The summed E-state index contributed by atoms with van der Waals surface area (Å²) in [7, 11) is 0. The smallest absolute Gasteiger partial charge is 0.286 e. The Kier molecular flexibility index (Phi) is 8.15. The molecule has 0 saturated heterocycles. The second kappa shape index (κ2) is 11.0. The van der Waals surface area contributed by atoms with Crippen molar-refractivity contribution in [3.8, 4) is 0 Å². The first-order valence-electron chi connectivity index (χ1n) is 10.2. The molecule has 2 amide bonds. The second-order valence-electron chi connectivity index (χ2n) is 7.20. The predicted molar refractivity (Wildman–Crippen MR) is 111 cm³/mol. The number of thioether (sulfide) groups is 1. The van der Waals surface area contributed by atoms with Crippen molar-refractivity contribution in [3.05, 3.63) is 30.0 Å². The third-order valence-electron chi connectivity index (χ3n) is 5.12. The number of carbonyl (C=O) groups is 2. The van der Waals surface area contributed by atoms with E-state index in [0.29, 0.717) is 32.0 Å². The molecule has 0 spiro atoms. The fraction of sp³-hybridized carbons (Fsp3) is 0.600. The average molecular weight is 420 g/mol. The minimum absolute atomic E-state index is 0.000639. The summed E-state index contributed by atoms with van der Waals surface area (Å²) in [6.45, 7) is 1.05. The molecule has 1 saturated carbocycles. The van der Waals surface area contributed by atoms with Gasteiger partial charge in [-0.25, -0.2) is 0 Å². The molecule has 1 aliphatic rings. The van der Waals surface area contributed by atoms with Gasteiger partial charge in [0.05, 0.1) is 6.26 Å². The number of nitrogens with one attached hydrogen (secondary N) is 2. The van der Waals surface area contributed by atoms with Crippen LogP contribution in [0.3, 0.4) is 0 Å². The maximum atomic E-state index is 12.0. The normalized spacial score (nSPS) is 14.2. The predicted octanol–water partition coefficient (Wildman–Crippen LogP) is 2.97. The Morgan fingerprint density at radius 1 is 1.21 bits per heavy atom. The molecule has 0 radical (unpaired) electrons. The van der Waals surface area contributed by atoms with Gasteiger partial charge < -0.3 is 19.6 Å². The molecule has 2 aromatic rings. The molecule has 0 bridgehead atoms. The van der Waals surface area contributed by atoms with Crippen LogP contribution in [0.15, 0.2) is 28.0 Å². The highest BCUT2D eigenvalue weighted by molar-refractivity contribution is 7.98. The maximum Gasteiger partial charge on any atom is 0.286 e. The van der Waals surface area contributed by atoms with Gasteiger partial charge in [0.25, 0.3) is 5.91 Å². The van der Waals surface area contributed by atoms with Gasteiger partial charge in [0, 0.05) is 32.0 Å². The zero-order valence-corrected chi connectivity index (χ0v) is 17.7. The van der Waals surface area contributed by atoms with E-state index < -0.39 is 0 Å². The number of rotatable bonds is 11. The van der Waals surface area contributed by atoms with Crippen molar-refractivity contribution < 1.29 is 14.0 Å². The summed E-state index contributed by atoms with van der Waals surface area (Å²) in [6.07, 6.45) is 11.1. The fourth-order valence-corrected chi connectivity index (χ4v) is 4.23. The molecule has 9 heteroatoms. The first kappa shape index (κ1) is 21.4. The lowest BCUT2D eigenvalue weighted by Crippen LogP contribution is -2.28. The van der Waals surface area contributed by atoms with Crippen molar-refractivity contribution in [2.24, 2.45) is 0 Å². The third-order valence-corrected chi connectivity index (χ3v) is 5.76. The largest absolute Gasteiger partial charge is 0.459 e. The van der Waals surface area contributed by atoms with Gasteiger partial charge in [-0.05, 0) is 44.1 Å². The third kappa shape index (κ3) is 6.09. The van der Waals surface area contributed by atoms with E-state index in [-0.39, 0.29) is 17.6 Å². The van der Waals surface area contributed by atoms with Crippen LogP contribution in [0.5, 0.6) is 0 Å². The number of aromatic nitrogens is 3. The molecular weight excluding hydrogens is 390 g/mol. The molecule has 0 unspecified atom stereocenters. The Bertz CT molecular complexity index is 784. The van der Waals surface area contributed by atoms with E-state index in [1.807, 2.05) is 6.26 Å². The molecule has 29 heavy (non-hydrogen) atoms. The van der Waals surface area contributed by atoms with E-state index in [2.05, 4.69) is 25.4 Å². The Morgan fingerprint density at radius 2 is 2.00 bits per heavy atom. The van der Waals surface area contributed by atoms with Gasteiger partial charge in [0.1, 0.15) is 5.82 Å². The van der Waals surface area contributed by atoms with Crippen LogP contribution in [0, 0.1) is 0 Å². The van der Waals surface area contributed by atoms with Crippen LogP contribution in [0.25, 0.3) is 0 Å². The molecule has 1 fully saturated rings. The molecule has 0 aromatic carbocycles. The summed E-state index contributed by atoms with van der Waals surface area (Å²) >= 11 is 1.64. The summed E-state index contributed by atoms with van der Waals surface area (Å²) in [4.78, 5) is 23.7. The van der Waals surface area contributed by atoms with E-state index in [4.69, 9.17) is 4.42 Å². The van der Waals surface area contributed by atoms with Crippen molar-refractivity contribution in [2.45, 2.75) is 62.6 Å². The number of amides is 2. The zero-order valence-electron chi connectivity index (χ0n) is 16.9. The molecule has 2 heterocycles. The van der Waals surface area contributed by atoms with Crippen molar-refractivity contribution >= 4 is 23.6 Å². The standard InChI is InChI=1S/C20H29N5O3S/c1-29-20-24-23-17(25(20)15-7-2-3-8-15)10-4-12-21-18(26)11-5-13-22-19(27)16-9-6-14-28-16/h6,9,14-15H,2-5,7-8,10-13H2,1H3,(H,21,26)(H,22,27). The van der Waals surface area contributed by atoms with Gasteiger partial charge in [-0.3, -0.25) is 9.59 Å². The van der Waals surface area contributed by atoms with Crippen LogP contribution in [0.1, 0.15) is 67.4 Å². The van der Waals surface area contributed by atoms with E-state index in [1.165, 1.54) is 31.9 Å². The minimum atomic E-state index is -0.258. The lowest BCUT2D eigenvalue weighted by molar-refractivity contribution is -0.121. The van der Waals surface area contributed by atoms with E-state index >= 15 is 0 Å². The monoisotopic (exact) mass is 419 g/mol. The number of carbonyl (C=O) groups excluding carboxylic acids is 2. The Balaban J connectivity index is 1.32. The molecule has 1 aliphatic carbocycles. The zero-order chi connectivity index (χ0) is 20.5. The van der Waals surface area contributed by atoms with Crippen LogP contribution in [0.2, 0.25) is 0 Å². The van der Waals surface area contributed by atoms with Crippen molar-refractivity contribution in [3.63, 3.8) is 0 Å². The Morgan fingerprint density at radius 3 is 2.72 bits per heavy atom. The molecule has 0 atom stereocenters. The van der Waals surface area contributed by atoms with Crippen LogP contribution in [-0.2, 0) is 11.2 Å². The summed E-state index contributed by atoms with van der Waals surface area (Å²) in [5.74, 6) is 1.05. The SMILES string of the molecule is CSc1nnc(CCCNC(=O)CCCNC(=O)c2ccco2)n1C1CCCC1. The molecule has 3 rings (SSSR count). The lowest BCUT2D eigenvalue weighted by atomic mass is 10.2. The number of hydrogen-bond donors (Lipinski definition) is 2. The number of aryl methyl sites for hydroxylation is 1. The topological polar surface area (TPSA) is 102 Å². The van der Waals surface area contributed by atoms with Gasteiger partial charge in [-0.1, -0.05) is 24.6 Å². The molecule has 8 nitrogen and oxygen atoms in total. The molecule has 2 aromatic heterocycles. The summed E-state index contributed by atoms with van der Waals surface area (Å²) < 4.78 is 7.33. The summed E-state index contributed by atoms with van der Waals surface area (Å²) in [5, 5.41) is 15.4. The Hall–Kier alpha value is -2.29. The van der Waals surface area contributed by atoms with E-state index in [1.54, 1.807) is 23.9 Å². The first-order chi connectivity index (χ1) is 14.2. The minimum Gasteiger partial charge on any atom is -0.459 e. The van der Waals surface area contributed by atoms with E-state index in [9.17, 15) is 9.59 Å². The quantitative estimate of drug-likeness (QED) is 0.429. The molecule has 2 N–H and O–H groups in total. The number of hydrogen-bond acceptors (Lipinski definition) is 6. The second-order valence-corrected chi connectivity index (χ2v) is 7.97. The molecule has 158 valence electrons. The highest BCUT2D eigenvalue weighted by atomic mass is 32.2. The van der Waals surface area contributed by atoms with Gasteiger partial charge in [-0.15, -0.1) is 10.2 Å². The lowest BCUT2D eigenvalue weighted by Gasteiger charge is -2.16. The molecule has 0 aliphatic heterocycles. The van der Waals surface area contributed by atoms with Crippen molar-refractivity contribution in [2.75, 3.05) is 19.3 Å². The van der Waals surface area contributed by atoms with Gasteiger partial charge in [0.2, 0.25) is 5.91 Å². The fourth-order valence-electron chi connectivity index (χ4n) is 3.65. The van der Waals surface area contributed by atoms with Crippen LogP contribution in [0.4, 0.5) is 0 Å². The highest BCUT2D eigenvalue weighted by Crippen LogP contribution is 2.33. The van der Waals surface area contributed by atoms with Crippen LogP contribution >= 0.6 is 11.8 Å². The van der Waals surface area contributed by atoms with Crippen molar-refractivity contribution in [1.29, 1.82) is 0 Å². The van der Waals surface area contributed by atoms with Crippen molar-refractivity contribution in [1.82, 2.24) is 25.4 Å². The number of furan rings is 1. The summed E-state index contributed by atoms with van der Waals surface area (Å²) in [6, 6.07) is 3.80. The van der Waals surface area contributed by atoms with Gasteiger partial charge >= 0.3 is 0 Å². The Labute approximate surface area is 175 Å². The first-order valence-corrected chi connectivity index (χ1v) is 11.5. The van der Waals surface area contributed by atoms with Crippen LogP contribution in [-0.4, -0.2) is 45.9 Å². The average Bonchev–Trinajstić information content (AvgIpc) is 3.48. The summed E-state index contributed by atoms with van der Waals surface area (Å²) in [5.41, 5.74) is 0. The van der Waals surface area contributed by atoms with Gasteiger partial charge in [0.15, 0.2) is 10.9 Å². The van der Waals surface area contributed by atoms with Gasteiger partial charge in [-0.2, -0.15) is 0 Å².